The summed E-state index contributed by atoms with van der Waals surface area (Å²) in [5, 5.41) is 0.805. The molecule has 2 aromatic heterocycles. The van der Waals surface area contributed by atoms with Crippen LogP contribution in [0, 0.1) is 12.7 Å². The molecule has 31 heavy (non-hydrogen) atoms. The van der Waals surface area contributed by atoms with E-state index in [9.17, 15) is 17.6 Å². The molecular weight excluding hydrogens is 406 g/mol. The van der Waals surface area contributed by atoms with Gasteiger partial charge in [-0.1, -0.05) is 18.2 Å². The van der Waals surface area contributed by atoms with E-state index in [0.29, 0.717) is 11.1 Å². The Hall–Kier alpha value is -3.74. The number of alkyl halides is 3. The van der Waals surface area contributed by atoms with Crippen molar-refractivity contribution in [3.05, 3.63) is 90.1 Å². The molecule has 0 saturated carbocycles. The van der Waals surface area contributed by atoms with Crippen molar-refractivity contribution in [3.63, 3.8) is 0 Å². The lowest BCUT2D eigenvalue weighted by Crippen LogP contribution is -2.03. The Morgan fingerprint density at radius 3 is 2.16 bits per heavy atom. The van der Waals surface area contributed by atoms with Gasteiger partial charge in [-0.15, -0.1) is 0 Å². The predicted molar refractivity (Wildman–Crippen MR) is 112 cm³/mol. The highest BCUT2D eigenvalue weighted by Crippen LogP contribution is 2.33. The molecule has 0 bridgehead atoms. The molecule has 2 heterocycles. The van der Waals surface area contributed by atoms with Crippen molar-refractivity contribution >= 4 is 21.9 Å². The summed E-state index contributed by atoms with van der Waals surface area (Å²) in [6, 6.07) is 16.7. The summed E-state index contributed by atoms with van der Waals surface area (Å²) >= 11 is 0. The van der Waals surface area contributed by atoms with Gasteiger partial charge in [0.2, 0.25) is 0 Å². The molecule has 7 heteroatoms. The van der Waals surface area contributed by atoms with Crippen molar-refractivity contribution < 1.29 is 17.6 Å². The number of fused-ring (bicyclic) bond motifs is 3. The third kappa shape index (κ3) is 3.32. The standard InChI is InChI=1S/C24H15F4N3/c1-14-30-22-13-29-21-11-4-16(15-2-5-17(6-3-15)24(26,27)28)12-20(21)23(22)31(14)19-9-7-18(25)8-10-19/h2-13H,1H3. The van der Waals surface area contributed by atoms with Crippen LogP contribution in [0.2, 0.25) is 0 Å². The minimum absolute atomic E-state index is 0.332. The van der Waals surface area contributed by atoms with E-state index in [-0.39, 0.29) is 5.82 Å². The predicted octanol–water partition coefficient (Wildman–Crippen LogP) is 6.71. The summed E-state index contributed by atoms with van der Waals surface area (Å²) in [6.07, 6.45) is -2.69. The average Bonchev–Trinajstić information content (AvgIpc) is 3.10. The van der Waals surface area contributed by atoms with Crippen molar-refractivity contribution in [1.82, 2.24) is 14.5 Å². The Kier molecular flexibility index (Phi) is 4.28. The summed E-state index contributed by atoms with van der Waals surface area (Å²) in [5.41, 5.74) is 3.71. The Balaban J connectivity index is 1.72. The van der Waals surface area contributed by atoms with E-state index < -0.39 is 11.7 Å². The van der Waals surface area contributed by atoms with Crippen LogP contribution in [-0.2, 0) is 6.18 Å². The largest absolute Gasteiger partial charge is 0.416 e. The van der Waals surface area contributed by atoms with Crippen molar-refractivity contribution in [1.29, 1.82) is 0 Å². The molecule has 0 unspecified atom stereocenters. The first-order valence-electron chi connectivity index (χ1n) is 9.53. The highest BCUT2D eigenvalue weighted by molar-refractivity contribution is 6.04. The molecule has 0 spiro atoms. The van der Waals surface area contributed by atoms with Crippen LogP contribution in [0.4, 0.5) is 17.6 Å². The molecule has 3 aromatic carbocycles. The van der Waals surface area contributed by atoms with E-state index in [2.05, 4.69) is 9.97 Å². The van der Waals surface area contributed by atoms with Crippen molar-refractivity contribution in [2.24, 2.45) is 0 Å². The molecule has 154 valence electrons. The second-order valence-corrected chi connectivity index (χ2v) is 7.27. The molecule has 0 aliphatic carbocycles. The molecule has 0 saturated heterocycles. The summed E-state index contributed by atoms with van der Waals surface area (Å²) in [4.78, 5) is 9.05. The van der Waals surface area contributed by atoms with E-state index in [4.69, 9.17) is 0 Å². The molecule has 0 amide bonds. The van der Waals surface area contributed by atoms with Crippen LogP contribution in [0.5, 0.6) is 0 Å². The van der Waals surface area contributed by atoms with Crippen LogP contribution >= 0.6 is 0 Å². The van der Waals surface area contributed by atoms with Gasteiger partial charge < -0.3 is 0 Å². The zero-order valence-electron chi connectivity index (χ0n) is 16.3. The van der Waals surface area contributed by atoms with Crippen molar-refractivity contribution in [3.8, 4) is 16.8 Å². The highest BCUT2D eigenvalue weighted by Gasteiger charge is 2.30. The number of rotatable bonds is 2. The maximum absolute atomic E-state index is 13.4. The van der Waals surface area contributed by atoms with Crippen LogP contribution in [0.25, 0.3) is 38.8 Å². The van der Waals surface area contributed by atoms with Crippen LogP contribution in [-0.4, -0.2) is 14.5 Å². The summed E-state index contributed by atoms with van der Waals surface area (Å²) in [6.45, 7) is 1.86. The monoisotopic (exact) mass is 421 g/mol. The van der Waals surface area contributed by atoms with Crippen LogP contribution in [0.3, 0.4) is 0 Å². The van der Waals surface area contributed by atoms with Gasteiger partial charge in [-0.25, -0.2) is 9.37 Å². The van der Waals surface area contributed by atoms with Gasteiger partial charge in [0, 0.05) is 11.1 Å². The highest BCUT2D eigenvalue weighted by atomic mass is 19.4. The number of hydrogen-bond acceptors (Lipinski definition) is 2. The van der Waals surface area contributed by atoms with Gasteiger partial charge in [0.05, 0.1) is 22.8 Å². The number of halogens is 4. The third-order valence-electron chi connectivity index (χ3n) is 5.28. The normalized spacial score (nSPS) is 12.0. The lowest BCUT2D eigenvalue weighted by molar-refractivity contribution is -0.137. The summed E-state index contributed by atoms with van der Waals surface area (Å²) < 4.78 is 54.0. The van der Waals surface area contributed by atoms with Gasteiger partial charge in [0.15, 0.2) is 0 Å². The number of nitrogens with zero attached hydrogens (tertiary/aromatic N) is 3. The Labute approximate surface area is 174 Å². The van der Waals surface area contributed by atoms with Crippen LogP contribution < -0.4 is 0 Å². The number of aryl methyl sites for hydroxylation is 1. The van der Waals surface area contributed by atoms with E-state index in [1.165, 1.54) is 24.3 Å². The minimum Gasteiger partial charge on any atom is -0.296 e. The Bertz CT molecular complexity index is 1420. The van der Waals surface area contributed by atoms with E-state index in [0.717, 1.165) is 45.6 Å². The van der Waals surface area contributed by atoms with Gasteiger partial charge in [-0.2, -0.15) is 13.2 Å². The quantitative estimate of drug-likeness (QED) is 0.297. The molecule has 5 aromatic rings. The summed E-state index contributed by atoms with van der Waals surface area (Å²) in [7, 11) is 0. The zero-order chi connectivity index (χ0) is 21.8. The van der Waals surface area contributed by atoms with Crippen LogP contribution in [0.1, 0.15) is 11.4 Å². The van der Waals surface area contributed by atoms with Gasteiger partial charge in [-0.05, 0) is 66.6 Å². The van der Waals surface area contributed by atoms with E-state index in [1.807, 2.05) is 29.7 Å². The molecule has 0 fully saturated rings. The number of benzene rings is 3. The van der Waals surface area contributed by atoms with E-state index >= 15 is 0 Å². The molecule has 0 N–H and O–H groups in total. The first-order valence-corrected chi connectivity index (χ1v) is 9.53. The van der Waals surface area contributed by atoms with Crippen LogP contribution in [0.15, 0.2) is 72.9 Å². The number of hydrogen-bond donors (Lipinski definition) is 0. The molecule has 0 radical (unpaired) electrons. The first kappa shape index (κ1) is 19.2. The van der Waals surface area contributed by atoms with Gasteiger partial charge in [0.1, 0.15) is 17.2 Å². The molecule has 0 aliphatic rings. The lowest BCUT2D eigenvalue weighted by Gasteiger charge is -2.11. The molecule has 0 atom stereocenters. The average molecular weight is 421 g/mol. The fraction of sp³-hybridized carbons (Fsp3) is 0.0833. The number of imidazole rings is 1. The fourth-order valence-electron chi connectivity index (χ4n) is 3.81. The van der Waals surface area contributed by atoms with Gasteiger partial charge >= 0.3 is 6.18 Å². The summed E-state index contributed by atoms with van der Waals surface area (Å²) in [5.74, 6) is 0.387. The van der Waals surface area contributed by atoms with Crippen molar-refractivity contribution in [2.45, 2.75) is 13.1 Å². The Morgan fingerprint density at radius 1 is 0.806 bits per heavy atom. The molecule has 0 aliphatic heterocycles. The zero-order valence-corrected chi connectivity index (χ0v) is 16.3. The smallest absolute Gasteiger partial charge is 0.296 e. The second kappa shape index (κ2) is 6.91. The maximum Gasteiger partial charge on any atom is 0.416 e. The second-order valence-electron chi connectivity index (χ2n) is 7.27. The van der Waals surface area contributed by atoms with E-state index in [1.54, 1.807) is 18.3 Å². The maximum atomic E-state index is 13.4. The minimum atomic E-state index is -4.38. The van der Waals surface area contributed by atoms with Crippen molar-refractivity contribution in [2.75, 3.05) is 0 Å². The van der Waals surface area contributed by atoms with Gasteiger partial charge in [0.25, 0.3) is 0 Å². The third-order valence-corrected chi connectivity index (χ3v) is 5.28. The number of aromatic nitrogens is 3. The Morgan fingerprint density at radius 2 is 1.48 bits per heavy atom. The lowest BCUT2D eigenvalue weighted by atomic mass is 10.0. The number of pyridine rings is 1. The van der Waals surface area contributed by atoms with Gasteiger partial charge in [-0.3, -0.25) is 9.55 Å². The fourth-order valence-corrected chi connectivity index (χ4v) is 3.81. The topological polar surface area (TPSA) is 30.7 Å². The molecule has 3 nitrogen and oxygen atoms in total. The molecular formula is C24H15F4N3. The SMILES string of the molecule is Cc1nc2cnc3ccc(-c4ccc(C(F)(F)F)cc4)cc3c2n1-c1ccc(F)cc1. The first-order chi connectivity index (χ1) is 14.8. The molecule has 5 rings (SSSR count).